The van der Waals surface area contributed by atoms with Crippen LogP contribution in [0, 0.1) is 0 Å². The molecule has 2 aromatic heterocycles. The molecule has 0 saturated carbocycles. The molecular formula is C19H18FN3O3. The molecule has 4 rings (SSSR count). The van der Waals surface area contributed by atoms with Gasteiger partial charge >= 0.3 is 0 Å². The third-order valence-corrected chi connectivity index (χ3v) is 4.61. The number of pyridine rings is 1. The standard InChI is InChI=1S/C19H18FN3O3/c20-14-8-15(11-24)23(10-14)18(25)7-12-3-4-16-17(6-12)26-19(22-16)13-2-1-5-21-9-13/h1-6,9,14-15,24H,7-8,10-11H2/t14-,15-/m0/s1. The van der Waals surface area contributed by atoms with Gasteiger partial charge in [0.05, 0.1) is 31.2 Å². The molecule has 0 aliphatic carbocycles. The van der Waals surface area contributed by atoms with Crippen molar-refractivity contribution < 1.29 is 18.7 Å². The van der Waals surface area contributed by atoms with Crippen molar-refractivity contribution in [2.75, 3.05) is 13.2 Å². The van der Waals surface area contributed by atoms with Crippen LogP contribution in [0.3, 0.4) is 0 Å². The lowest BCUT2D eigenvalue weighted by Gasteiger charge is -2.22. The first-order chi connectivity index (χ1) is 12.6. The zero-order valence-corrected chi connectivity index (χ0v) is 14.0. The molecule has 1 fully saturated rings. The highest BCUT2D eigenvalue weighted by molar-refractivity contribution is 5.82. The number of amides is 1. The van der Waals surface area contributed by atoms with Crippen LogP contribution in [0.5, 0.6) is 0 Å². The summed E-state index contributed by atoms with van der Waals surface area (Å²) in [5, 5.41) is 9.33. The molecule has 134 valence electrons. The SMILES string of the molecule is O=C(Cc1ccc2nc(-c3cccnc3)oc2c1)N1C[C@@H](F)C[C@H]1CO. The number of benzene rings is 1. The first-order valence-electron chi connectivity index (χ1n) is 8.48. The summed E-state index contributed by atoms with van der Waals surface area (Å²) in [4.78, 5) is 22.4. The normalized spacial score (nSPS) is 20.0. The molecule has 1 amide bonds. The number of carbonyl (C=O) groups is 1. The van der Waals surface area contributed by atoms with E-state index in [1.165, 1.54) is 4.90 Å². The van der Waals surface area contributed by atoms with Gasteiger partial charge in [0.2, 0.25) is 11.8 Å². The summed E-state index contributed by atoms with van der Waals surface area (Å²) in [5.41, 5.74) is 2.81. The maximum atomic E-state index is 13.5. The minimum atomic E-state index is -1.07. The van der Waals surface area contributed by atoms with Crippen LogP contribution in [0.25, 0.3) is 22.6 Å². The molecule has 6 nitrogen and oxygen atoms in total. The number of oxazole rings is 1. The Morgan fingerprint density at radius 1 is 1.38 bits per heavy atom. The van der Waals surface area contributed by atoms with E-state index >= 15 is 0 Å². The molecule has 1 saturated heterocycles. The second-order valence-electron chi connectivity index (χ2n) is 6.46. The number of fused-ring (bicyclic) bond motifs is 1. The molecule has 0 spiro atoms. The molecule has 3 aromatic rings. The number of hydrogen-bond acceptors (Lipinski definition) is 5. The summed E-state index contributed by atoms with van der Waals surface area (Å²) in [6.45, 7) is -0.179. The largest absolute Gasteiger partial charge is 0.436 e. The lowest BCUT2D eigenvalue weighted by molar-refractivity contribution is -0.132. The number of halogens is 1. The van der Waals surface area contributed by atoms with Gasteiger partial charge in [0.15, 0.2) is 5.58 Å². The third-order valence-electron chi connectivity index (χ3n) is 4.61. The molecule has 26 heavy (non-hydrogen) atoms. The topological polar surface area (TPSA) is 79.5 Å². The van der Waals surface area contributed by atoms with Gasteiger partial charge in [0.1, 0.15) is 11.7 Å². The molecule has 1 N–H and O–H groups in total. The van der Waals surface area contributed by atoms with Crippen LogP contribution < -0.4 is 0 Å². The van der Waals surface area contributed by atoms with Gasteiger partial charge in [-0.3, -0.25) is 9.78 Å². The summed E-state index contributed by atoms with van der Waals surface area (Å²) in [6.07, 6.45) is 2.59. The molecule has 2 atom stereocenters. The number of carbonyl (C=O) groups excluding carboxylic acids is 1. The van der Waals surface area contributed by atoms with E-state index in [2.05, 4.69) is 9.97 Å². The molecule has 7 heteroatoms. The van der Waals surface area contributed by atoms with E-state index in [0.29, 0.717) is 17.0 Å². The minimum absolute atomic E-state index is 0.0414. The Morgan fingerprint density at radius 2 is 2.27 bits per heavy atom. The number of aromatic nitrogens is 2. The van der Waals surface area contributed by atoms with E-state index in [0.717, 1.165) is 11.1 Å². The van der Waals surface area contributed by atoms with Crippen LogP contribution >= 0.6 is 0 Å². The Kier molecular flexibility index (Phi) is 4.38. The second kappa shape index (κ2) is 6.84. The van der Waals surface area contributed by atoms with Gasteiger partial charge in [0.25, 0.3) is 0 Å². The molecular weight excluding hydrogens is 337 g/mol. The number of hydrogen-bond donors (Lipinski definition) is 1. The van der Waals surface area contributed by atoms with Crippen molar-refractivity contribution in [2.24, 2.45) is 0 Å². The van der Waals surface area contributed by atoms with Gasteiger partial charge in [-0.05, 0) is 29.8 Å². The fourth-order valence-corrected chi connectivity index (χ4v) is 3.31. The molecule has 3 heterocycles. The van der Waals surface area contributed by atoms with Crippen molar-refractivity contribution in [3.05, 3.63) is 48.3 Å². The van der Waals surface area contributed by atoms with Crippen LogP contribution in [0.15, 0.2) is 47.1 Å². The van der Waals surface area contributed by atoms with E-state index in [1.54, 1.807) is 30.6 Å². The average Bonchev–Trinajstić information content (AvgIpc) is 3.25. The average molecular weight is 355 g/mol. The Morgan fingerprint density at radius 3 is 3.04 bits per heavy atom. The van der Waals surface area contributed by atoms with Crippen LogP contribution in [0.2, 0.25) is 0 Å². The first kappa shape index (κ1) is 16.7. The maximum Gasteiger partial charge on any atom is 0.228 e. The van der Waals surface area contributed by atoms with E-state index in [9.17, 15) is 14.3 Å². The monoisotopic (exact) mass is 355 g/mol. The minimum Gasteiger partial charge on any atom is -0.436 e. The summed E-state index contributed by atoms with van der Waals surface area (Å²) >= 11 is 0. The number of nitrogens with zero attached hydrogens (tertiary/aromatic N) is 3. The van der Waals surface area contributed by atoms with Crippen molar-refractivity contribution in [2.45, 2.75) is 25.1 Å². The van der Waals surface area contributed by atoms with Crippen LogP contribution in [0.4, 0.5) is 4.39 Å². The number of likely N-dealkylation sites (tertiary alicyclic amines) is 1. The van der Waals surface area contributed by atoms with Gasteiger partial charge < -0.3 is 14.4 Å². The van der Waals surface area contributed by atoms with E-state index in [-0.39, 0.29) is 31.9 Å². The summed E-state index contributed by atoms with van der Waals surface area (Å²) in [7, 11) is 0. The highest BCUT2D eigenvalue weighted by Crippen LogP contribution is 2.25. The van der Waals surface area contributed by atoms with Gasteiger partial charge in [0, 0.05) is 18.8 Å². The predicted molar refractivity (Wildman–Crippen MR) is 93.0 cm³/mol. The number of aliphatic hydroxyl groups excluding tert-OH is 1. The van der Waals surface area contributed by atoms with E-state index < -0.39 is 12.2 Å². The molecule has 0 unspecified atom stereocenters. The Bertz CT molecular complexity index is 928. The van der Waals surface area contributed by atoms with Crippen molar-refractivity contribution in [3.8, 4) is 11.5 Å². The van der Waals surface area contributed by atoms with Gasteiger partial charge in [-0.15, -0.1) is 0 Å². The quantitative estimate of drug-likeness (QED) is 0.777. The highest BCUT2D eigenvalue weighted by atomic mass is 19.1. The lowest BCUT2D eigenvalue weighted by Crippen LogP contribution is -2.38. The molecule has 1 aliphatic heterocycles. The fraction of sp³-hybridized carbons (Fsp3) is 0.316. The molecule has 1 aliphatic rings. The Balaban J connectivity index is 1.55. The maximum absolute atomic E-state index is 13.5. The van der Waals surface area contributed by atoms with Crippen molar-refractivity contribution in [3.63, 3.8) is 0 Å². The van der Waals surface area contributed by atoms with E-state index in [4.69, 9.17) is 4.42 Å². The predicted octanol–water partition coefficient (Wildman–Crippen LogP) is 2.36. The fourth-order valence-electron chi connectivity index (χ4n) is 3.31. The third kappa shape index (κ3) is 3.17. The summed E-state index contributed by atoms with van der Waals surface area (Å²) < 4.78 is 19.3. The zero-order valence-electron chi connectivity index (χ0n) is 14.0. The Hall–Kier alpha value is -2.80. The molecule has 0 radical (unpaired) electrons. The second-order valence-corrected chi connectivity index (χ2v) is 6.46. The van der Waals surface area contributed by atoms with Gasteiger partial charge in [-0.2, -0.15) is 0 Å². The highest BCUT2D eigenvalue weighted by Gasteiger charge is 2.34. The first-order valence-corrected chi connectivity index (χ1v) is 8.48. The molecule has 0 bridgehead atoms. The summed E-state index contributed by atoms with van der Waals surface area (Å²) in [5.74, 6) is 0.271. The molecule has 1 aromatic carbocycles. The van der Waals surface area contributed by atoms with Crippen LogP contribution in [-0.2, 0) is 11.2 Å². The number of alkyl halides is 1. The van der Waals surface area contributed by atoms with Crippen molar-refractivity contribution in [1.29, 1.82) is 0 Å². The van der Waals surface area contributed by atoms with Crippen molar-refractivity contribution in [1.82, 2.24) is 14.9 Å². The smallest absolute Gasteiger partial charge is 0.228 e. The van der Waals surface area contributed by atoms with Crippen LogP contribution in [0.1, 0.15) is 12.0 Å². The van der Waals surface area contributed by atoms with Crippen molar-refractivity contribution >= 4 is 17.0 Å². The van der Waals surface area contributed by atoms with Gasteiger partial charge in [-0.1, -0.05) is 6.07 Å². The summed E-state index contributed by atoms with van der Waals surface area (Å²) in [6, 6.07) is 8.61. The van der Waals surface area contributed by atoms with Gasteiger partial charge in [-0.25, -0.2) is 9.37 Å². The van der Waals surface area contributed by atoms with E-state index in [1.807, 2.05) is 12.1 Å². The number of rotatable bonds is 4. The Labute approximate surface area is 149 Å². The lowest BCUT2D eigenvalue weighted by atomic mass is 10.1. The zero-order chi connectivity index (χ0) is 18.1. The number of aliphatic hydroxyl groups is 1. The van der Waals surface area contributed by atoms with Crippen LogP contribution in [-0.4, -0.2) is 51.2 Å².